The van der Waals surface area contributed by atoms with Crippen molar-refractivity contribution in [2.24, 2.45) is 0 Å². The number of aliphatic hydroxyl groups excluding tert-OH is 1. The topological polar surface area (TPSA) is 61.4 Å². The SMILES string of the molecule is O=C1C=CNC(SCCCCCCCCCCCO)N1. The molecule has 0 saturated carbocycles. The van der Waals surface area contributed by atoms with E-state index in [1.54, 1.807) is 18.0 Å². The van der Waals surface area contributed by atoms with Gasteiger partial charge in [-0.1, -0.05) is 44.9 Å². The lowest BCUT2D eigenvalue weighted by molar-refractivity contribution is -0.117. The molecule has 1 unspecified atom stereocenters. The van der Waals surface area contributed by atoms with E-state index >= 15 is 0 Å². The van der Waals surface area contributed by atoms with Gasteiger partial charge in [0.25, 0.3) is 0 Å². The molecule has 5 heteroatoms. The molecule has 116 valence electrons. The number of carbonyl (C=O) groups excluding carboxylic acids is 1. The fraction of sp³-hybridized carbons (Fsp3) is 0.800. The highest BCUT2D eigenvalue weighted by molar-refractivity contribution is 7.99. The monoisotopic (exact) mass is 300 g/mol. The van der Waals surface area contributed by atoms with E-state index in [9.17, 15) is 4.79 Å². The molecule has 3 N–H and O–H groups in total. The third-order valence-corrected chi connectivity index (χ3v) is 4.45. The predicted octanol–water partition coefficient (Wildman–Crippen LogP) is 2.74. The number of unbranched alkanes of at least 4 members (excludes halogenated alkanes) is 8. The smallest absolute Gasteiger partial charge is 0.247 e. The largest absolute Gasteiger partial charge is 0.396 e. The number of carbonyl (C=O) groups is 1. The molecule has 1 heterocycles. The summed E-state index contributed by atoms with van der Waals surface area (Å²) >= 11 is 1.76. The second-order valence-electron chi connectivity index (χ2n) is 5.17. The van der Waals surface area contributed by atoms with Crippen LogP contribution in [0, 0.1) is 0 Å². The van der Waals surface area contributed by atoms with E-state index < -0.39 is 0 Å². The van der Waals surface area contributed by atoms with Gasteiger partial charge >= 0.3 is 0 Å². The fourth-order valence-electron chi connectivity index (χ4n) is 2.17. The van der Waals surface area contributed by atoms with Crippen molar-refractivity contribution >= 4 is 17.7 Å². The molecule has 1 atom stereocenters. The van der Waals surface area contributed by atoms with Crippen LogP contribution >= 0.6 is 11.8 Å². The highest BCUT2D eigenvalue weighted by Gasteiger charge is 2.11. The second kappa shape index (κ2) is 12.1. The Bertz CT molecular complexity index is 285. The number of aliphatic hydroxyl groups is 1. The molecular formula is C15H28N2O2S. The number of rotatable bonds is 12. The Morgan fingerprint density at radius 1 is 1.00 bits per heavy atom. The quantitative estimate of drug-likeness (QED) is 0.485. The molecule has 0 aromatic rings. The van der Waals surface area contributed by atoms with Gasteiger partial charge in [-0.3, -0.25) is 4.79 Å². The van der Waals surface area contributed by atoms with Gasteiger partial charge in [0.1, 0.15) is 5.50 Å². The number of thioether (sulfide) groups is 1. The van der Waals surface area contributed by atoms with Crippen molar-refractivity contribution in [1.29, 1.82) is 0 Å². The van der Waals surface area contributed by atoms with E-state index in [1.807, 2.05) is 0 Å². The Labute approximate surface area is 126 Å². The summed E-state index contributed by atoms with van der Waals surface area (Å²) < 4.78 is 0. The zero-order valence-corrected chi connectivity index (χ0v) is 13.1. The minimum absolute atomic E-state index is 0.0116. The van der Waals surface area contributed by atoms with Gasteiger partial charge in [0, 0.05) is 18.9 Å². The van der Waals surface area contributed by atoms with Crippen molar-refractivity contribution in [3.8, 4) is 0 Å². The van der Waals surface area contributed by atoms with Crippen molar-refractivity contribution in [3.63, 3.8) is 0 Å². The van der Waals surface area contributed by atoms with Gasteiger partial charge in [0.15, 0.2) is 0 Å². The van der Waals surface area contributed by atoms with Gasteiger partial charge in [-0.25, -0.2) is 0 Å². The zero-order valence-electron chi connectivity index (χ0n) is 12.3. The maximum Gasteiger partial charge on any atom is 0.247 e. The van der Waals surface area contributed by atoms with Crippen LogP contribution in [0.2, 0.25) is 0 Å². The third kappa shape index (κ3) is 9.26. The van der Waals surface area contributed by atoms with Crippen LogP contribution in [0.4, 0.5) is 0 Å². The van der Waals surface area contributed by atoms with Crippen molar-refractivity contribution in [2.45, 2.75) is 63.3 Å². The maximum absolute atomic E-state index is 11.1. The summed E-state index contributed by atoms with van der Waals surface area (Å²) in [4.78, 5) is 11.1. The van der Waals surface area contributed by atoms with E-state index in [2.05, 4.69) is 10.6 Å². The van der Waals surface area contributed by atoms with Crippen LogP contribution in [0.1, 0.15) is 57.8 Å². The van der Waals surface area contributed by atoms with Gasteiger partial charge in [-0.05, 0) is 18.6 Å². The Hall–Kier alpha value is -0.680. The first kappa shape index (κ1) is 17.4. The van der Waals surface area contributed by atoms with Gasteiger partial charge in [0.2, 0.25) is 5.91 Å². The highest BCUT2D eigenvalue weighted by Crippen LogP contribution is 2.14. The number of hydrogen-bond acceptors (Lipinski definition) is 4. The molecule has 20 heavy (non-hydrogen) atoms. The standard InChI is InChI=1S/C15H28N2O2S/c18-12-8-6-4-2-1-3-5-7-9-13-20-15-16-11-10-14(19)17-15/h10-11,15-16,18H,1-9,12-13H2,(H,17,19). The van der Waals surface area contributed by atoms with Crippen LogP contribution < -0.4 is 10.6 Å². The van der Waals surface area contributed by atoms with E-state index in [0.29, 0.717) is 6.61 Å². The normalized spacial score (nSPS) is 17.9. The van der Waals surface area contributed by atoms with Gasteiger partial charge < -0.3 is 15.7 Å². The molecule has 0 aromatic heterocycles. The molecule has 0 fully saturated rings. The Morgan fingerprint density at radius 3 is 2.20 bits per heavy atom. The number of nitrogens with one attached hydrogen (secondary N) is 2. The zero-order chi connectivity index (χ0) is 14.5. The van der Waals surface area contributed by atoms with Crippen LogP contribution in [0.5, 0.6) is 0 Å². The molecule has 0 spiro atoms. The first-order valence-electron chi connectivity index (χ1n) is 7.78. The summed E-state index contributed by atoms with van der Waals surface area (Å²) in [7, 11) is 0. The summed E-state index contributed by atoms with van der Waals surface area (Å²) in [6.45, 7) is 0.337. The molecule has 0 radical (unpaired) electrons. The van der Waals surface area contributed by atoms with Crippen LogP contribution in [0.3, 0.4) is 0 Å². The molecule has 0 aromatic carbocycles. The molecule has 1 aliphatic heterocycles. The van der Waals surface area contributed by atoms with Crippen LogP contribution in [0.15, 0.2) is 12.3 Å². The van der Waals surface area contributed by atoms with Gasteiger partial charge in [-0.2, -0.15) is 0 Å². The summed E-state index contributed by atoms with van der Waals surface area (Å²) in [5.41, 5.74) is 0.0408. The predicted molar refractivity (Wildman–Crippen MR) is 85.3 cm³/mol. The molecule has 0 aliphatic carbocycles. The lowest BCUT2D eigenvalue weighted by atomic mass is 10.1. The average Bonchev–Trinajstić information content (AvgIpc) is 2.45. The van der Waals surface area contributed by atoms with E-state index in [4.69, 9.17) is 5.11 Å². The minimum Gasteiger partial charge on any atom is -0.396 e. The fourth-order valence-corrected chi connectivity index (χ4v) is 3.15. The molecule has 0 saturated heterocycles. The van der Waals surface area contributed by atoms with Crippen molar-refractivity contribution in [3.05, 3.63) is 12.3 Å². The molecule has 1 aliphatic rings. The lowest BCUT2D eigenvalue weighted by Crippen LogP contribution is -2.43. The molecule has 0 bridgehead atoms. The second-order valence-corrected chi connectivity index (χ2v) is 6.38. The molecular weight excluding hydrogens is 272 g/mol. The van der Waals surface area contributed by atoms with Gasteiger partial charge in [0.05, 0.1) is 0 Å². The van der Waals surface area contributed by atoms with E-state index in [-0.39, 0.29) is 11.4 Å². The van der Waals surface area contributed by atoms with E-state index in [1.165, 1.54) is 57.4 Å². The van der Waals surface area contributed by atoms with Crippen molar-refractivity contribution in [1.82, 2.24) is 10.6 Å². The Morgan fingerprint density at radius 2 is 1.60 bits per heavy atom. The Balaban J connectivity index is 1.79. The molecule has 1 amide bonds. The average molecular weight is 300 g/mol. The highest BCUT2D eigenvalue weighted by atomic mass is 32.2. The molecule has 4 nitrogen and oxygen atoms in total. The number of hydrogen-bond donors (Lipinski definition) is 3. The first-order chi connectivity index (χ1) is 9.83. The minimum atomic E-state index is -0.0116. The first-order valence-corrected chi connectivity index (χ1v) is 8.83. The lowest BCUT2D eigenvalue weighted by Gasteiger charge is -2.20. The van der Waals surface area contributed by atoms with Crippen LogP contribution in [0.25, 0.3) is 0 Å². The maximum atomic E-state index is 11.1. The number of amides is 1. The van der Waals surface area contributed by atoms with Crippen LogP contribution in [-0.2, 0) is 4.79 Å². The summed E-state index contributed by atoms with van der Waals surface area (Å²) in [5, 5.41) is 14.6. The van der Waals surface area contributed by atoms with Crippen LogP contribution in [-0.4, -0.2) is 28.9 Å². The summed E-state index contributed by atoms with van der Waals surface area (Å²) in [5.74, 6) is 1.07. The van der Waals surface area contributed by atoms with Crippen molar-refractivity contribution < 1.29 is 9.90 Å². The summed E-state index contributed by atoms with van der Waals surface area (Å²) in [6.07, 6.45) is 14.4. The molecule has 1 rings (SSSR count). The Kier molecular flexibility index (Phi) is 10.5. The third-order valence-electron chi connectivity index (χ3n) is 3.34. The van der Waals surface area contributed by atoms with Gasteiger partial charge in [-0.15, -0.1) is 11.8 Å². The summed E-state index contributed by atoms with van der Waals surface area (Å²) in [6, 6.07) is 0. The van der Waals surface area contributed by atoms with E-state index in [0.717, 1.165) is 12.2 Å². The van der Waals surface area contributed by atoms with Crippen molar-refractivity contribution in [2.75, 3.05) is 12.4 Å².